The second-order valence-corrected chi connectivity index (χ2v) is 6.78. The molecule has 1 aliphatic heterocycles. The Labute approximate surface area is 155 Å². The van der Waals surface area contributed by atoms with Crippen LogP contribution in [0.1, 0.15) is 18.4 Å². The first kappa shape index (κ1) is 18.3. The monoisotopic (exact) mass is 352 g/mol. The molecular formula is C21H28N4O. The molecule has 2 aromatic rings. The topological polar surface area (TPSA) is 62.9 Å². The molecule has 5 nitrogen and oxygen atoms in total. The molecule has 138 valence electrons. The largest absolute Gasteiger partial charge is 0.497 e. The lowest BCUT2D eigenvalue weighted by Crippen LogP contribution is -2.34. The van der Waals surface area contributed by atoms with Gasteiger partial charge < -0.3 is 15.8 Å². The van der Waals surface area contributed by atoms with Crippen LogP contribution in [0.4, 0.5) is 5.69 Å². The number of aliphatic imine (C=N–C) groups is 1. The lowest BCUT2D eigenvalue weighted by molar-refractivity contribution is 0.180. The summed E-state index contributed by atoms with van der Waals surface area (Å²) in [5.41, 5.74) is 8.30. The van der Waals surface area contributed by atoms with E-state index in [1.807, 2.05) is 42.5 Å². The van der Waals surface area contributed by atoms with Crippen molar-refractivity contribution < 1.29 is 4.74 Å². The lowest BCUT2D eigenvalue weighted by atomic mass is 9.96. The highest BCUT2D eigenvalue weighted by molar-refractivity contribution is 5.92. The van der Waals surface area contributed by atoms with E-state index in [1.165, 1.54) is 5.56 Å². The van der Waals surface area contributed by atoms with E-state index in [2.05, 4.69) is 27.3 Å². The van der Waals surface area contributed by atoms with Gasteiger partial charge in [0.05, 0.1) is 7.11 Å². The van der Waals surface area contributed by atoms with Gasteiger partial charge in [0.25, 0.3) is 0 Å². The first-order chi connectivity index (χ1) is 12.7. The highest BCUT2D eigenvalue weighted by Gasteiger charge is 2.19. The number of nitrogens with one attached hydrogen (secondary N) is 1. The van der Waals surface area contributed by atoms with E-state index in [0.717, 1.165) is 50.5 Å². The van der Waals surface area contributed by atoms with E-state index in [9.17, 15) is 0 Å². The highest BCUT2D eigenvalue weighted by atomic mass is 16.5. The molecule has 3 N–H and O–H groups in total. The second kappa shape index (κ2) is 9.25. The Morgan fingerprint density at radius 2 is 1.81 bits per heavy atom. The Hall–Kier alpha value is -2.53. The van der Waals surface area contributed by atoms with Crippen molar-refractivity contribution in [3.63, 3.8) is 0 Å². The maximum absolute atomic E-state index is 5.99. The van der Waals surface area contributed by atoms with Gasteiger partial charge in [-0.15, -0.1) is 0 Å². The number of methoxy groups -OCH3 is 1. The second-order valence-electron chi connectivity index (χ2n) is 6.78. The minimum Gasteiger partial charge on any atom is -0.497 e. The summed E-state index contributed by atoms with van der Waals surface area (Å²) in [6.45, 7) is 4.01. The Morgan fingerprint density at radius 1 is 1.12 bits per heavy atom. The van der Waals surface area contributed by atoms with E-state index >= 15 is 0 Å². The fourth-order valence-electron chi connectivity index (χ4n) is 3.25. The van der Waals surface area contributed by atoms with Crippen LogP contribution in [-0.2, 0) is 6.54 Å². The average molecular weight is 352 g/mol. The van der Waals surface area contributed by atoms with E-state index in [-0.39, 0.29) is 0 Å². The number of nitrogens with zero attached hydrogens (tertiary/aromatic N) is 2. The van der Waals surface area contributed by atoms with Gasteiger partial charge >= 0.3 is 0 Å². The zero-order valence-electron chi connectivity index (χ0n) is 15.4. The number of hydrogen-bond donors (Lipinski definition) is 2. The first-order valence-corrected chi connectivity index (χ1v) is 9.20. The Morgan fingerprint density at radius 3 is 2.46 bits per heavy atom. The summed E-state index contributed by atoms with van der Waals surface area (Å²) >= 11 is 0. The fourth-order valence-corrected chi connectivity index (χ4v) is 3.25. The van der Waals surface area contributed by atoms with E-state index < -0.39 is 0 Å². The summed E-state index contributed by atoms with van der Waals surface area (Å²) in [6.07, 6.45) is 2.33. The molecule has 0 spiro atoms. The van der Waals surface area contributed by atoms with Gasteiger partial charge in [0.1, 0.15) is 5.75 Å². The molecule has 1 aliphatic rings. The molecule has 0 atom stereocenters. The van der Waals surface area contributed by atoms with Crippen molar-refractivity contribution in [1.29, 1.82) is 0 Å². The van der Waals surface area contributed by atoms with Crippen LogP contribution in [0.15, 0.2) is 59.6 Å². The number of likely N-dealkylation sites (tertiary alicyclic amines) is 1. The molecule has 3 rings (SSSR count). The van der Waals surface area contributed by atoms with Crippen LogP contribution in [0.3, 0.4) is 0 Å². The third-order valence-corrected chi connectivity index (χ3v) is 4.84. The van der Waals surface area contributed by atoms with Crippen molar-refractivity contribution >= 4 is 11.6 Å². The molecule has 2 aromatic carbocycles. The number of piperidine rings is 1. The number of rotatable bonds is 6. The number of para-hydroxylation sites is 1. The van der Waals surface area contributed by atoms with Crippen molar-refractivity contribution in [2.75, 3.05) is 32.1 Å². The maximum atomic E-state index is 5.99. The van der Waals surface area contributed by atoms with Gasteiger partial charge in [-0.05, 0) is 61.7 Å². The van der Waals surface area contributed by atoms with Crippen LogP contribution in [-0.4, -0.2) is 37.6 Å². The molecular weight excluding hydrogens is 324 g/mol. The molecule has 0 amide bonds. The third kappa shape index (κ3) is 5.49. The number of anilines is 1. The summed E-state index contributed by atoms with van der Waals surface area (Å²) in [5, 5.41) is 3.14. The van der Waals surface area contributed by atoms with Crippen molar-refractivity contribution in [3.05, 3.63) is 60.2 Å². The Balaban J connectivity index is 1.41. The van der Waals surface area contributed by atoms with Gasteiger partial charge in [-0.1, -0.05) is 30.3 Å². The van der Waals surface area contributed by atoms with E-state index in [1.54, 1.807) is 7.11 Å². The van der Waals surface area contributed by atoms with Crippen LogP contribution >= 0.6 is 0 Å². The van der Waals surface area contributed by atoms with Gasteiger partial charge in [-0.25, -0.2) is 0 Å². The Kier molecular flexibility index (Phi) is 6.50. The predicted octanol–water partition coefficient (Wildman–Crippen LogP) is 3.33. The Bertz CT molecular complexity index is 692. The molecule has 1 saturated heterocycles. The molecule has 1 heterocycles. The smallest absolute Gasteiger partial charge is 0.193 e. The number of guanidine groups is 1. The summed E-state index contributed by atoms with van der Waals surface area (Å²) < 4.78 is 5.22. The summed E-state index contributed by atoms with van der Waals surface area (Å²) in [5.74, 6) is 2.02. The van der Waals surface area contributed by atoms with Crippen LogP contribution < -0.4 is 15.8 Å². The third-order valence-electron chi connectivity index (χ3n) is 4.84. The van der Waals surface area contributed by atoms with Crippen molar-refractivity contribution in [3.8, 4) is 5.75 Å². The van der Waals surface area contributed by atoms with Crippen LogP contribution in [0.2, 0.25) is 0 Å². The zero-order valence-corrected chi connectivity index (χ0v) is 15.4. The number of hydrogen-bond acceptors (Lipinski definition) is 3. The molecule has 0 saturated carbocycles. The number of ether oxygens (including phenoxy) is 1. The van der Waals surface area contributed by atoms with Gasteiger partial charge in [-0.2, -0.15) is 0 Å². The molecule has 0 aliphatic carbocycles. The zero-order chi connectivity index (χ0) is 18.2. The van der Waals surface area contributed by atoms with Crippen molar-refractivity contribution in [2.45, 2.75) is 19.4 Å². The summed E-state index contributed by atoms with van der Waals surface area (Å²) in [6, 6.07) is 18.3. The van der Waals surface area contributed by atoms with Crippen LogP contribution in [0.5, 0.6) is 5.75 Å². The first-order valence-electron chi connectivity index (χ1n) is 9.20. The molecule has 0 unspecified atom stereocenters. The van der Waals surface area contributed by atoms with Gasteiger partial charge in [0.2, 0.25) is 0 Å². The maximum Gasteiger partial charge on any atom is 0.193 e. The van der Waals surface area contributed by atoms with Crippen molar-refractivity contribution in [1.82, 2.24) is 4.90 Å². The minimum absolute atomic E-state index is 0.497. The quantitative estimate of drug-likeness (QED) is 0.618. The van der Waals surface area contributed by atoms with Crippen molar-refractivity contribution in [2.24, 2.45) is 16.6 Å². The van der Waals surface area contributed by atoms with E-state index in [0.29, 0.717) is 11.9 Å². The molecule has 5 heteroatoms. The van der Waals surface area contributed by atoms with Gasteiger partial charge in [-0.3, -0.25) is 9.89 Å². The normalized spacial score (nSPS) is 16.4. The van der Waals surface area contributed by atoms with Crippen LogP contribution in [0, 0.1) is 5.92 Å². The lowest BCUT2D eigenvalue weighted by Gasteiger charge is -2.31. The van der Waals surface area contributed by atoms with Gasteiger partial charge in [0.15, 0.2) is 5.96 Å². The predicted molar refractivity (Wildman–Crippen MR) is 108 cm³/mol. The molecule has 0 aromatic heterocycles. The fraction of sp³-hybridized carbons (Fsp3) is 0.381. The number of nitrogens with two attached hydrogens (primary N) is 1. The SMILES string of the molecule is COc1ccc(CN2CCC(CN=C(N)Nc3ccccc3)CC2)cc1. The number of benzene rings is 2. The summed E-state index contributed by atoms with van der Waals surface area (Å²) in [7, 11) is 1.70. The molecule has 26 heavy (non-hydrogen) atoms. The molecule has 1 fully saturated rings. The highest BCUT2D eigenvalue weighted by Crippen LogP contribution is 2.20. The standard InChI is InChI=1S/C21H28N4O/c1-26-20-9-7-18(8-10-20)16-25-13-11-17(12-14-25)15-23-21(22)24-19-5-3-2-4-6-19/h2-10,17H,11-16H2,1H3,(H3,22,23,24). The summed E-state index contributed by atoms with van der Waals surface area (Å²) in [4.78, 5) is 7.03. The van der Waals surface area contributed by atoms with Crippen LogP contribution in [0.25, 0.3) is 0 Å². The van der Waals surface area contributed by atoms with E-state index in [4.69, 9.17) is 10.5 Å². The molecule has 0 radical (unpaired) electrons. The minimum atomic E-state index is 0.497. The van der Waals surface area contributed by atoms with Gasteiger partial charge in [0, 0.05) is 18.8 Å². The molecule has 0 bridgehead atoms. The average Bonchev–Trinajstić information content (AvgIpc) is 2.69.